The SMILES string of the molecule is CCN(CC)C(=O)COc1cccc(NC(=O)CCC(C)N)c1.Cl. The third-order valence-electron chi connectivity index (χ3n) is 3.42. The summed E-state index contributed by atoms with van der Waals surface area (Å²) in [6, 6.07) is 7.02. The van der Waals surface area contributed by atoms with Gasteiger partial charge in [-0.3, -0.25) is 9.59 Å². The molecule has 0 aliphatic carbocycles. The van der Waals surface area contributed by atoms with Crippen LogP contribution in [0.4, 0.5) is 5.69 Å². The number of amides is 2. The van der Waals surface area contributed by atoms with E-state index in [2.05, 4.69) is 5.32 Å². The smallest absolute Gasteiger partial charge is 0.260 e. The van der Waals surface area contributed by atoms with Crippen LogP contribution in [0.1, 0.15) is 33.6 Å². The Hall–Kier alpha value is -1.79. The molecule has 1 unspecified atom stereocenters. The average molecular weight is 358 g/mol. The Bertz CT molecular complexity index is 520. The molecule has 1 aromatic rings. The highest BCUT2D eigenvalue weighted by Gasteiger charge is 2.10. The van der Waals surface area contributed by atoms with Gasteiger partial charge in [0.1, 0.15) is 5.75 Å². The summed E-state index contributed by atoms with van der Waals surface area (Å²) >= 11 is 0. The lowest BCUT2D eigenvalue weighted by Gasteiger charge is -2.18. The molecule has 0 saturated heterocycles. The Kier molecular flexibility index (Phi) is 10.8. The van der Waals surface area contributed by atoms with Crippen molar-refractivity contribution in [3.63, 3.8) is 0 Å². The largest absolute Gasteiger partial charge is 0.484 e. The monoisotopic (exact) mass is 357 g/mol. The molecule has 0 radical (unpaired) electrons. The van der Waals surface area contributed by atoms with Crippen LogP contribution in [-0.2, 0) is 9.59 Å². The van der Waals surface area contributed by atoms with Crippen molar-refractivity contribution in [2.45, 2.75) is 39.7 Å². The number of halogens is 1. The molecule has 0 spiro atoms. The highest BCUT2D eigenvalue weighted by atomic mass is 35.5. The predicted octanol–water partition coefficient (Wildman–Crippen LogP) is 2.42. The number of anilines is 1. The second-order valence-electron chi connectivity index (χ2n) is 5.45. The van der Waals surface area contributed by atoms with Gasteiger partial charge >= 0.3 is 0 Å². The summed E-state index contributed by atoms with van der Waals surface area (Å²) in [4.78, 5) is 25.4. The van der Waals surface area contributed by atoms with Gasteiger partial charge in [-0.2, -0.15) is 0 Å². The van der Waals surface area contributed by atoms with Crippen molar-refractivity contribution in [2.75, 3.05) is 25.0 Å². The van der Waals surface area contributed by atoms with Crippen molar-refractivity contribution in [1.29, 1.82) is 0 Å². The maximum atomic E-state index is 11.9. The number of benzene rings is 1. The van der Waals surface area contributed by atoms with E-state index in [1.807, 2.05) is 20.8 Å². The highest BCUT2D eigenvalue weighted by molar-refractivity contribution is 5.90. The van der Waals surface area contributed by atoms with Crippen LogP contribution < -0.4 is 15.8 Å². The van der Waals surface area contributed by atoms with Crippen molar-refractivity contribution in [3.8, 4) is 5.75 Å². The van der Waals surface area contributed by atoms with Crippen LogP contribution in [0.15, 0.2) is 24.3 Å². The van der Waals surface area contributed by atoms with Crippen LogP contribution in [0.2, 0.25) is 0 Å². The minimum atomic E-state index is -0.0846. The second-order valence-corrected chi connectivity index (χ2v) is 5.45. The first-order chi connectivity index (χ1) is 11.0. The lowest BCUT2D eigenvalue weighted by atomic mass is 10.2. The van der Waals surface area contributed by atoms with Crippen LogP contribution in [0.3, 0.4) is 0 Å². The van der Waals surface area contributed by atoms with Crippen molar-refractivity contribution >= 4 is 29.9 Å². The van der Waals surface area contributed by atoms with Gasteiger partial charge in [0.2, 0.25) is 5.91 Å². The van der Waals surface area contributed by atoms with Crippen LogP contribution in [0.25, 0.3) is 0 Å². The van der Waals surface area contributed by atoms with Crippen LogP contribution in [0, 0.1) is 0 Å². The molecule has 136 valence electrons. The fourth-order valence-corrected chi connectivity index (χ4v) is 2.06. The number of ether oxygens (including phenoxy) is 1. The standard InChI is InChI=1S/C17H27N3O3.ClH/c1-4-20(5-2)17(22)12-23-15-8-6-7-14(11-15)19-16(21)10-9-13(3)18;/h6-8,11,13H,4-5,9-10,12,18H2,1-3H3,(H,19,21);1H. The fraction of sp³-hybridized carbons (Fsp3) is 0.529. The maximum absolute atomic E-state index is 11.9. The third-order valence-corrected chi connectivity index (χ3v) is 3.42. The molecule has 0 aliphatic heterocycles. The van der Waals surface area contributed by atoms with Gasteiger partial charge in [-0.05, 0) is 39.3 Å². The first-order valence-electron chi connectivity index (χ1n) is 8.02. The molecule has 1 aromatic carbocycles. The third kappa shape index (κ3) is 8.17. The summed E-state index contributed by atoms with van der Waals surface area (Å²) in [5, 5.41) is 2.80. The Morgan fingerprint density at radius 2 is 1.96 bits per heavy atom. The summed E-state index contributed by atoms with van der Waals surface area (Å²) in [6.45, 7) is 7.04. The molecule has 1 rings (SSSR count). The van der Waals surface area contributed by atoms with Crippen molar-refractivity contribution in [3.05, 3.63) is 24.3 Å². The van der Waals surface area contributed by atoms with E-state index >= 15 is 0 Å². The van der Waals surface area contributed by atoms with Crippen molar-refractivity contribution in [1.82, 2.24) is 4.90 Å². The fourth-order valence-electron chi connectivity index (χ4n) is 2.06. The summed E-state index contributed by atoms with van der Waals surface area (Å²) in [6.07, 6.45) is 1.02. The van der Waals surface area contributed by atoms with E-state index in [9.17, 15) is 9.59 Å². The normalized spacial score (nSPS) is 11.2. The van der Waals surface area contributed by atoms with E-state index in [0.717, 1.165) is 0 Å². The molecule has 0 aromatic heterocycles. The Morgan fingerprint density at radius 1 is 1.29 bits per heavy atom. The lowest BCUT2D eigenvalue weighted by molar-refractivity contribution is -0.133. The van der Waals surface area contributed by atoms with Gasteiger partial charge in [-0.25, -0.2) is 0 Å². The van der Waals surface area contributed by atoms with E-state index in [1.165, 1.54) is 0 Å². The predicted molar refractivity (Wildman–Crippen MR) is 98.6 cm³/mol. The van der Waals surface area contributed by atoms with E-state index in [4.69, 9.17) is 10.5 Å². The minimum Gasteiger partial charge on any atom is -0.484 e. The molecule has 0 saturated carbocycles. The van der Waals surface area contributed by atoms with Crippen molar-refractivity contribution < 1.29 is 14.3 Å². The zero-order valence-corrected chi connectivity index (χ0v) is 15.4. The maximum Gasteiger partial charge on any atom is 0.260 e. The van der Waals surface area contributed by atoms with Crippen LogP contribution in [0.5, 0.6) is 5.75 Å². The molecule has 0 fully saturated rings. The summed E-state index contributed by atoms with van der Waals surface area (Å²) in [5.74, 6) is 0.413. The van der Waals surface area contributed by atoms with Gasteiger partial charge in [0, 0.05) is 37.3 Å². The number of hydrogen-bond donors (Lipinski definition) is 2. The first kappa shape index (κ1) is 22.2. The average Bonchev–Trinajstić information content (AvgIpc) is 2.52. The summed E-state index contributed by atoms with van der Waals surface area (Å²) in [7, 11) is 0. The van der Waals surface area contributed by atoms with E-state index in [-0.39, 0.29) is 36.9 Å². The first-order valence-corrected chi connectivity index (χ1v) is 8.02. The topological polar surface area (TPSA) is 84.7 Å². The van der Waals surface area contributed by atoms with Crippen LogP contribution >= 0.6 is 12.4 Å². The van der Waals surface area contributed by atoms with E-state index in [1.54, 1.807) is 29.2 Å². The van der Waals surface area contributed by atoms with Gasteiger partial charge in [0.25, 0.3) is 5.91 Å². The van der Waals surface area contributed by atoms with Crippen LogP contribution in [-0.4, -0.2) is 42.5 Å². The lowest BCUT2D eigenvalue weighted by Crippen LogP contribution is -2.34. The van der Waals surface area contributed by atoms with Gasteiger partial charge < -0.3 is 20.7 Å². The summed E-state index contributed by atoms with van der Waals surface area (Å²) in [5.41, 5.74) is 6.28. The molecular weight excluding hydrogens is 330 g/mol. The number of nitrogens with two attached hydrogens (primary N) is 1. The van der Waals surface area contributed by atoms with Crippen molar-refractivity contribution in [2.24, 2.45) is 5.73 Å². The highest BCUT2D eigenvalue weighted by Crippen LogP contribution is 2.18. The number of rotatable bonds is 9. The molecule has 0 bridgehead atoms. The molecule has 1 atom stereocenters. The molecule has 24 heavy (non-hydrogen) atoms. The Balaban J connectivity index is 0.00000529. The number of likely N-dealkylation sites (N-methyl/N-ethyl adjacent to an activating group) is 1. The number of nitrogens with one attached hydrogen (secondary N) is 1. The van der Waals surface area contributed by atoms with Gasteiger partial charge in [0.05, 0.1) is 0 Å². The quantitative estimate of drug-likeness (QED) is 0.710. The number of carbonyl (C=O) groups is 2. The minimum absolute atomic E-state index is 0. The number of nitrogens with zero attached hydrogens (tertiary/aromatic N) is 1. The molecule has 0 heterocycles. The molecule has 7 heteroatoms. The van der Waals surface area contributed by atoms with Gasteiger partial charge in [-0.15, -0.1) is 12.4 Å². The number of carbonyl (C=O) groups excluding carboxylic acids is 2. The molecule has 6 nitrogen and oxygen atoms in total. The zero-order valence-electron chi connectivity index (χ0n) is 14.6. The number of hydrogen-bond acceptors (Lipinski definition) is 4. The Morgan fingerprint density at radius 3 is 2.54 bits per heavy atom. The molecule has 0 aliphatic rings. The second kappa shape index (κ2) is 11.7. The molecule has 2 amide bonds. The Labute approximate surface area is 150 Å². The van der Waals surface area contributed by atoms with Gasteiger partial charge in [0.15, 0.2) is 6.61 Å². The van der Waals surface area contributed by atoms with Gasteiger partial charge in [-0.1, -0.05) is 6.07 Å². The summed E-state index contributed by atoms with van der Waals surface area (Å²) < 4.78 is 5.51. The molecule has 3 N–H and O–H groups in total. The van der Waals surface area contributed by atoms with E-state index in [0.29, 0.717) is 37.4 Å². The van der Waals surface area contributed by atoms with E-state index < -0.39 is 0 Å². The molecular formula is C17H28ClN3O3. The zero-order chi connectivity index (χ0) is 17.2.